The molecule has 0 radical (unpaired) electrons. The van der Waals surface area contributed by atoms with Gasteiger partial charge in [0.2, 0.25) is 0 Å². The van der Waals surface area contributed by atoms with Crippen LogP contribution in [0.2, 0.25) is 0 Å². The molecule has 1 saturated carbocycles. The van der Waals surface area contributed by atoms with Crippen LogP contribution >= 0.6 is 0 Å². The van der Waals surface area contributed by atoms with Gasteiger partial charge >= 0.3 is 0 Å². The molecule has 5 nitrogen and oxygen atoms in total. The summed E-state index contributed by atoms with van der Waals surface area (Å²) in [5, 5.41) is 0. The normalized spacial score (nSPS) is 24.1. The summed E-state index contributed by atoms with van der Waals surface area (Å²) in [6.07, 6.45) is 7.39. The number of carbonyl (C=O) groups is 1. The molecule has 0 spiro atoms. The maximum absolute atomic E-state index is 12.7. The molecular formula is C20H30N2O3. The van der Waals surface area contributed by atoms with Crippen LogP contribution in [0.25, 0.3) is 0 Å². The maximum atomic E-state index is 12.7. The van der Waals surface area contributed by atoms with E-state index in [0.29, 0.717) is 17.8 Å². The molecule has 0 bridgehead atoms. The molecule has 1 aromatic carbocycles. The van der Waals surface area contributed by atoms with Crippen LogP contribution in [0, 0.1) is 0 Å². The topological polar surface area (TPSA) is 42.0 Å². The van der Waals surface area contributed by atoms with Gasteiger partial charge in [-0.05, 0) is 63.0 Å². The monoisotopic (exact) mass is 346 g/mol. The van der Waals surface area contributed by atoms with E-state index in [9.17, 15) is 4.79 Å². The highest BCUT2D eigenvalue weighted by molar-refractivity contribution is 5.78. The van der Waals surface area contributed by atoms with Crippen LogP contribution in [-0.2, 0) is 4.79 Å². The largest absolute Gasteiger partial charge is 0.497 e. The van der Waals surface area contributed by atoms with E-state index in [1.807, 2.05) is 36.2 Å². The standard InChI is InChI=1S/C20H30N2O3/c1-21(18-7-3-4-8-19(18)22-13-5-6-14-22)20(23)15-25-17-11-9-16(24-2)10-12-17/h9-12,18-19H,3-8,13-15H2,1-2H3. The summed E-state index contributed by atoms with van der Waals surface area (Å²) >= 11 is 0. The number of hydrogen-bond donors (Lipinski definition) is 0. The summed E-state index contributed by atoms with van der Waals surface area (Å²) in [5.74, 6) is 1.54. The van der Waals surface area contributed by atoms with E-state index in [2.05, 4.69) is 4.90 Å². The SMILES string of the molecule is COc1ccc(OCC(=O)N(C)C2CCCCC2N2CCCC2)cc1. The first-order chi connectivity index (χ1) is 12.2. The van der Waals surface area contributed by atoms with Crippen molar-refractivity contribution < 1.29 is 14.3 Å². The Labute approximate surface area is 150 Å². The Morgan fingerprint density at radius 2 is 1.72 bits per heavy atom. The molecule has 1 amide bonds. The number of rotatable bonds is 6. The average Bonchev–Trinajstić information content (AvgIpc) is 3.20. The van der Waals surface area contributed by atoms with Crippen LogP contribution in [0.15, 0.2) is 24.3 Å². The number of amides is 1. The second kappa shape index (κ2) is 8.56. The molecule has 0 aromatic heterocycles. The zero-order chi connectivity index (χ0) is 17.6. The highest BCUT2D eigenvalue weighted by Crippen LogP contribution is 2.29. The lowest BCUT2D eigenvalue weighted by Crippen LogP contribution is -2.53. The Hall–Kier alpha value is -1.75. The molecule has 2 fully saturated rings. The van der Waals surface area contributed by atoms with Crippen molar-refractivity contribution in [3.8, 4) is 11.5 Å². The lowest BCUT2D eigenvalue weighted by atomic mass is 9.88. The summed E-state index contributed by atoms with van der Waals surface area (Å²) in [4.78, 5) is 17.2. The fourth-order valence-electron chi connectivity index (χ4n) is 4.15. The number of nitrogens with zero attached hydrogens (tertiary/aromatic N) is 2. The Kier molecular flexibility index (Phi) is 6.19. The van der Waals surface area contributed by atoms with E-state index in [0.717, 1.165) is 12.2 Å². The van der Waals surface area contributed by atoms with E-state index < -0.39 is 0 Å². The number of likely N-dealkylation sites (tertiary alicyclic amines) is 1. The Morgan fingerprint density at radius 1 is 1.08 bits per heavy atom. The number of likely N-dealkylation sites (N-methyl/N-ethyl adjacent to an activating group) is 1. The lowest BCUT2D eigenvalue weighted by Gasteiger charge is -2.42. The third kappa shape index (κ3) is 4.46. The van der Waals surface area contributed by atoms with Crippen LogP contribution in [0.1, 0.15) is 38.5 Å². The fourth-order valence-corrected chi connectivity index (χ4v) is 4.15. The third-order valence-electron chi connectivity index (χ3n) is 5.62. The van der Waals surface area contributed by atoms with Crippen molar-refractivity contribution in [2.45, 2.75) is 50.6 Å². The molecule has 2 atom stereocenters. The minimum absolute atomic E-state index is 0.0620. The Bertz CT molecular complexity index is 555. The van der Waals surface area contributed by atoms with E-state index in [1.165, 1.54) is 45.2 Å². The number of hydrogen-bond acceptors (Lipinski definition) is 4. The molecule has 138 valence electrons. The van der Waals surface area contributed by atoms with Gasteiger partial charge in [0, 0.05) is 19.1 Å². The van der Waals surface area contributed by atoms with Crippen LogP contribution in [0.4, 0.5) is 0 Å². The van der Waals surface area contributed by atoms with Gasteiger partial charge in [-0.15, -0.1) is 0 Å². The Balaban J connectivity index is 1.56. The molecular weight excluding hydrogens is 316 g/mol. The zero-order valence-corrected chi connectivity index (χ0v) is 15.4. The minimum Gasteiger partial charge on any atom is -0.497 e. The first-order valence-corrected chi connectivity index (χ1v) is 9.45. The molecule has 1 aromatic rings. The highest BCUT2D eigenvalue weighted by Gasteiger charge is 2.35. The first-order valence-electron chi connectivity index (χ1n) is 9.45. The molecule has 2 aliphatic rings. The number of benzene rings is 1. The van der Waals surface area contributed by atoms with Crippen LogP contribution < -0.4 is 9.47 Å². The predicted octanol–water partition coefficient (Wildman–Crippen LogP) is 2.94. The Morgan fingerprint density at radius 3 is 2.40 bits per heavy atom. The molecule has 5 heteroatoms. The summed E-state index contributed by atoms with van der Waals surface area (Å²) in [6, 6.07) is 8.19. The predicted molar refractivity (Wildman–Crippen MR) is 98.1 cm³/mol. The number of ether oxygens (including phenoxy) is 2. The van der Waals surface area contributed by atoms with Crippen molar-refractivity contribution in [3.63, 3.8) is 0 Å². The summed E-state index contributed by atoms with van der Waals surface area (Å²) in [6.45, 7) is 2.46. The van der Waals surface area contributed by atoms with E-state index in [-0.39, 0.29) is 12.5 Å². The maximum Gasteiger partial charge on any atom is 0.260 e. The molecule has 0 N–H and O–H groups in total. The molecule has 1 heterocycles. The zero-order valence-electron chi connectivity index (χ0n) is 15.4. The first kappa shape index (κ1) is 18.1. The summed E-state index contributed by atoms with van der Waals surface area (Å²) < 4.78 is 10.8. The summed E-state index contributed by atoms with van der Waals surface area (Å²) in [5.41, 5.74) is 0. The molecule has 1 aliphatic heterocycles. The second-order valence-corrected chi connectivity index (χ2v) is 7.13. The van der Waals surface area contributed by atoms with Gasteiger partial charge in [-0.1, -0.05) is 12.8 Å². The molecule has 3 rings (SSSR count). The van der Waals surface area contributed by atoms with Crippen LogP contribution in [0.3, 0.4) is 0 Å². The fraction of sp³-hybridized carbons (Fsp3) is 0.650. The van der Waals surface area contributed by atoms with Crippen molar-refractivity contribution in [3.05, 3.63) is 24.3 Å². The van der Waals surface area contributed by atoms with Crippen molar-refractivity contribution in [1.82, 2.24) is 9.80 Å². The van der Waals surface area contributed by atoms with E-state index in [4.69, 9.17) is 9.47 Å². The van der Waals surface area contributed by atoms with Gasteiger partial charge in [0.05, 0.1) is 7.11 Å². The minimum atomic E-state index is 0.0620. The van der Waals surface area contributed by atoms with Crippen molar-refractivity contribution >= 4 is 5.91 Å². The van der Waals surface area contributed by atoms with Crippen molar-refractivity contribution in [1.29, 1.82) is 0 Å². The quantitative estimate of drug-likeness (QED) is 0.794. The van der Waals surface area contributed by atoms with Crippen molar-refractivity contribution in [2.24, 2.45) is 0 Å². The molecule has 2 unspecified atom stereocenters. The third-order valence-corrected chi connectivity index (χ3v) is 5.62. The molecule has 1 saturated heterocycles. The number of methoxy groups -OCH3 is 1. The van der Waals surface area contributed by atoms with Gasteiger partial charge in [0.25, 0.3) is 5.91 Å². The lowest BCUT2D eigenvalue weighted by molar-refractivity contribution is -0.136. The highest BCUT2D eigenvalue weighted by atomic mass is 16.5. The number of carbonyl (C=O) groups excluding carboxylic acids is 1. The molecule has 25 heavy (non-hydrogen) atoms. The van der Waals surface area contributed by atoms with Gasteiger partial charge in [-0.3, -0.25) is 9.69 Å². The average molecular weight is 346 g/mol. The van der Waals surface area contributed by atoms with Gasteiger partial charge in [0.1, 0.15) is 11.5 Å². The van der Waals surface area contributed by atoms with Crippen LogP contribution in [0.5, 0.6) is 11.5 Å². The van der Waals surface area contributed by atoms with E-state index >= 15 is 0 Å². The van der Waals surface area contributed by atoms with Gasteiger partial charge in [-0.25, -0.2) is 0 Å². The van der Waals surface area contributed by atoms with Gasteiger partial charge in [0.15, 0.2) is 6.61 Å². The van der Waals surface area contributed by atoms with Gasteiger partial charge in [-0.2, -0.15) is 0 Å². The summed E-state index contributed by atoms with van der Waals surface area (Å²) in [7, 11) is 3.58. The van der Waals surface area contributed by atoms with Crippen LogP contribution in [-0.4, -0.2) is 61.6 Å². The van der Waals surface area contributed by atoms with E-state index in [1.54, 1.807) is 7.11 Å². The molecule has 1 aliphatic carbocycles. The van der Waals surface area contributed by atoms with Gasteiger partial charge < -0.3 is 14.4 Å². The van der Waals surface area contributed by atoms with Crippen molar-refractivity contribution in [2.75, 3.05) is 33.9 Å². The smallest absolute Gasteiger partial charge is 0.260 e. The second-order valence-electron chi connectivity index (χ2n) is 7.13.